The molecule has 1 aromatic rings. The molecule has 1 aromatic heterocycles. The van der Waals surface area contributed by atoms with Crippen LogP contribution in [0.25, 0.3) is 0 Å². The van der Waals surface area contributed by atoms with Gasteiger partial charge in [0.15, 0.2) is 0 Å². The zero-order valence-corrected chi connectivity index (χ0v) is 11.3. The largest absolute Gasteiger partial charge is 0.338 e. The molecular formula is C12H15BrN2O2. The van der Waals surface area contributed by atoms with Crippen molar-refractivity contribution in [3.63, 3.8) is 0 Å². The SMILES string of the molecule is CCN(C(=O)Cn1cc(Br)ccc1=O)C1CC1. The predicted molar refractivity (Wildman–Crippen MR) is 68.8 cm³/mol. The fraction of sp³-hybridized carbons (Fsp3) is 0.500. The van der Waals surface area contributed by atoms with Gasteiger partial charge in [-0.1, -0.05) is 0 Å². The minimum atomic E-state index is -0.145. The highest BCUT2D eigenvalue weighted by atomic mass is 79.9. The van der Waals surface area contributed by atoms with Gasteiger partial charge in [-0.3, -0.25) is 9.59 Å². The molecule has 0 radical (unpaired) electrons. The Kier molecular flexibility index (Phi) is 3.66. The smallest absolute Gasteiger partial charge is 0.251 e. The number of pyridine rings is 1. The quantitative estimate of drug-likeness (QED) is 0.848. The van der Waals surface area contributed by atoms with Crippen LogP contribution in [0.5, 0.6) is 0 Å². The van der Waals surface area contributed by atoms with Crippen LogP contribution in [0.4, 0.5) is 0 Å². The van der Waals surface area contributed by atoms with Gasteiger partial charge in [0.05, 0.1) is 0 Å². The molecule has 5 heteroatoms. The first-order valence-electron chi connectivity index (χ1n) is 5.77. The zero-order chi connectivity index (χ0) is 12.4. The summed E-state index contributed by atoms with van der Waals surface area (Å²) in [6, 6.07) is 3.54. The third-order valence-corrected chi connectivity index (χ3v) is 3.37. The topological polar surface area (TPSA) is 42.3 Å². The second-order valence-electron chi connectivity index (χ2n) is 4.22. The number of carbonyl (C=O) groups excluding carboxylic acids is 1. The van der Waals surface area contributed by atoms with E-state index in [0.29, 0.717) is 12.6 Å². The Morgan fingerprint density at radius 3 is 2.82 bits per heavy atom. The number of hydrogen-bond donors (Lipinski definition) is 0. The van der Waals surface area contributed by atoms with Crippen LogP contribution in [0, 0.1) is 0 Å². The van der Waals surface area contributed by atoms with Crippen LogP contribution in [0.3, 0.4) is 0 Å². The number of rotatable bonds is 4. The van der Waals surface area contributed by atoms with Crippen molar-refractivity contribution >= 4 is 21.8 Å². The molecular weight excluding hydrogens is 284 g/mol. The molecule has 1 aliphatic carbocycles. The number of amides is 1. The van der Waals surface area contributed by atoms with Crippen molar-refractivity contribution in [1.29, 1.82) is 0 Å². The van der Waals surface area contributed by atoms with E-state index in [1.165, 1.54) is 10.6 Å². The van der Waals surface area contributed by atoms with Gasteiger partial charge in [-0.05, 0) is 41.8 Å². The fourth-order valence-electron chi connectivity index (χ4n) is 1.89. The molecule has 0 N–H and O–H groups in total. The molecule has 0 bridgehead atoms. The standard InChI is InChI=1S/C12H15BrN2O2/c1-2-15(10-4-5-10)12(17)8-14-7-9(13)3-6-11(14)16/h3,6-7,10H,2,4-5,8H2,1H3. The van der Waals surface area contributed by atoms with Crippen molar-refractivity contribution < 1.29 is 4.79 Å². The summed E-state index contributed by atoms with van der Waals surface area (Å²) in [5, 5.41) is 0. The van der Waals surface area contributed by atoms with Crippen molar-refractivity contribution in [3.05, 3.63) is 33.2 Å². The molecule has 1 heterocycles. The number of likely N-dealkylation sites (N-methyl/N-ethyl adjacent to an activating group) is 1. The Balaban J connectivity index is 2.11. The predicted octanol–water partition coefficient (Wildman–Crippen LogP) is 1.62. The third-order valence-electron chi connectivity index (χ3n) is 2.90. The van der Waals surface area contributed by atoms with E-state index in [2.05, 4.69) is 15.9 Å². The minimum absolute atomic E-state index is 0.0233. The maximum Gasteiger partial charge on any atom is 0.251 e. The monoisotopic (exact) mass is 298 g/mol. The molecule has 0 aliphatic heterocycles. The van der Waals surface area contributed by atoms with Gasteiger partial charge in [0.1, 0.15) is 6.54 Å². The summed E-state index contributed by atoms with van der Waals surface area (Å²) in [5.74, 6) is 0.0233. The van der Waals surface area contributed by atoms with Gasteiger partial charge in [0, 0.05) is 29.3 Å². The van der Waals surface area contributed by atoms with Crippen LogP contribution in [0.15, 0.2) is 27.6 Å². The van der Waals surface area contributed by atoms with Gasteiger partial charge in [-0.2, -0.15) is 0 Å². The average molecular weight is 299 g/mol. The minimum Gasteiger partial charge on any atom is -0.338 e. The number of nitrogens with zero attached hydrogens (tertiary/aromatic N) is 2. The summed E-state index contributed by atoms with van der Waals surface area (Å²) in [5.41, 5.74) is -0.145. The lowest BCUT2D eigenvalue weighted by Gasteiger charge is -2.20. The number of halogens is 1. The molecule has 2 rings (SSSR count). The molecule has 1 fully saturated rings. The van der Waals surface area contributed by atoms with Gasteiger partial charge in [0.25, 0.3) is 5.56 Å². The summed E-state index contributed by atoms with van der Waals surface area (Å²) >= 11 is 3.30. The number of aromatic nitrogens is 1. The summed E-state index contributed by atoms with van der Waals surface area (Å²) in [4.78, 5) is 25.5. The molecule has 4 nitrogen and oxygen atoms in total. The molecule has 92 valence electrons. The summed E-state index contributed by atoms with van der Waals surface area (Å²) in [7, 11) is 0. The highest BCUT2D eigenvalue weighted by Gasteiger charge is 2.31. The lowest BCUT2D eigenvalue weighted by molar-refractivity contribution is -0.132. The van der Waals surface area contributed by atoms with E-state index in [1.807, 2.05) is 11.8 Å². The molecule has 0 unspecified atom stereocenters. The molecule has 1 aliphatic rings. The molecule has 1 saturated carbocycles. The van der Waals surface area contributed by atoms with E-state index in [9.17, 15) is 9.59 Å². The van der Waals surface area contributed by atoms with Crippen molar-refractivity contribution in [2.45, 2.75) is 32.4 Å². The second kappa shape index (κ2) is 5.04. The number of carbonyl (C=O) groups is 1. The zero-order valence-electron chi connectivity index (χ0n) is 9.73. The highest BCUT2D eigenvalue weighted by Crippen LogP contribution is 2.26. The van der Waals surface area contributed by atoms with E-state index in [-0.39, 0.29) is 18.0 Å². The normalized spacial score (nSPS) is 14.7. The lowest BCUT2D eigenvalue weighted by atomic mass is 10.4. The van der Waals surface area contributed by atoms with Crippen LogP contribution in [-0.4, -0.2) is 28.0 Å². The summed E-state index contributed by atoms with van der Waals surface area (Å²) in [6.45, 7) is 2.81. The van der Waals surface area contributed by atoms with E-state index in [1.54, 1.807) is 12.3 Å². The van der Waals surface area contributed by atoms with E-state index >= 15 is 0 Å². The molecule has 0 spiro atoms. The Bertz CT molecular complexity index is 480. The summed E-state index contributed by atoms with van der Waals surface area (Å²) in [6.07, 6.45) is 3.83. The van der Waals surface area contributed by atoms with Gasteiger partial charge in [-0.25, -0.2) is 0 Å². The van der Waals surface area contributed by atoms with Crippen LogP contribution in [0.2, 0.25) is 0 Å². The molecule has 0 atom stereocenters. The Labute approximate surface area is 108 Å². The van der Waals surface area contributed by atoms with Gasteiger partial charge >= 0.3 is 0 Å². The lowest BCUT2D eigenvalue weighted by Crippen LogP contribution is -2.37. The third kappa shape index (κ3) is 2.97. The van der Waals surface area contributed by atoms with Crippen molar-refractivity contribution in [2.24, 2.45) is 0 Å². The number of hydrogen-bond acceptors (Lipinski definition) is 2. The van der Waals surface area contributed by atoms with Crippen LogP contribution in [0.1, 0.15) is 19.8 Å². The second-order valence-corrected chi connectivity index (χ2v) is 5.14. The average Bonchev–Trinajstić information content (AvgIpc) is 3.09. The summed E-state index contributed by atoms with van der Waals surface area (Å²) < 4.78 is 2.25. The maximum absolute atomic E-state index is 12.0. The molecule has 0 saturated heterocycles. The van der Waals surface area contributed by atoms with E-state index in [4.69, 9.17) is 0 Å². The highest BCUT2D eigenvalue weighted by molar-refractivity contribution is 9.10. The van der Waals surface area contributed by atoms with Crippen LogP contribution < -0.4 is 5.56 Å². The fourth-order valence-corrected chi connectivity index (χ4v) is 2.27. The first-order valence-corrected chi connectivity index (χ1v) is 6.56. The maximum atomic E-state index is 12.0. The van der Waals surface area contributed by atoms with Crippen LogP contribution >= 0.6 is 15.9 Å². The van der Waals surface area contributed by atoms with Crippen molar-refractivity contribution in [2.75, 3.05) is 6.54 Å². The van der Waals surface area contributed by atoms with Gasteiger partial charge in [0.2, 0.25) is 5.91 Å². The van der Waals surface area contributed by atoms with E-state index in [0.717, 1.165) is 17.3 Å². The molecule has 0 aromatic carbocycles. The van der Waals surface area contributed by atoms with Crippen LogP contribution in [-0.2, 0) is 11.3 Å². The molecule has 1 amide bonds. The first-order chi connectivity index (χ1) is 8.11. The van der Waals surface area contributed by atoms with Gasteiger partial charge in [-0.15, -0.1) is 0 Å². The van der Waals surface area contributed by atoms with Gasteiger partial charge < -0.3 is 9.47 Å². The van der Waals surface area contributed by atoms with E-state index < -0.39 is 0 Å². The first kappa shape index (κ1) is 12.4. The van der Waals surface area contributed by atoms with Crippen molar-refractivity contribution in [1.82, 2.24) is 9.47 Å². The Hall–Kier alpha value is -1.10. The molecule has 17 heavy (non-hydrogen) atoms. The Morgan fingerprint density at radius 2 is 2.24 bits per heavy atom. The Morgan fingerprint density at radius 1 is 1.53 bits per heavy atom. The van der Waals surface area contributed by atoms with Crippen molar-refractivity contribution in [3.8, 4) is 0 Å².